The topological polar surface area (TPSA) is 58.2 Å². The molecule has 5 rings (SSSR count). The zero-order valence-electron chi connectivity index (χ0n) is 13.9. The average Bonchev–Trinajstić information content (AvgIpc) is 3.27. The van der Waals surface area contributed by atoms with Crippen molar-refractivity contribution in [1.29, 1.82) is 0 Å². The Morgan fingerprint density at radius 2 is 2.12 bits per heavy atom. The van der Waals surface area contributed by atoms with Gasteiger partial charge in [-0.3, -0.25) is 9.89 Å². The molecule has 1 N–H and O–H groups in total. The zero-order chi connectivity index (χ0) is 16.9. The van der Waals surface area contributed by atoms with Gasteiger partial charge in [0.05, 0.1) is 30.4 Å². The van der Waals surface area contributed by atoms with E-state index in [1.807, 2.05) is 23.1 Å². The maximum atomic E-state index is 13.2. The number of para-hydroxylation sites is 1. The van der Waals surface area contributed by atoms with Crippen LogP contribution in [0.5, 0.6) is 0 Å². The molecule has 1 unspecified atom stereocenters. The highest BCUT2D eigenvalue weighted by Gasteiger charge is 2.44. The van der Waals surface area contributed by atoms with Crippen LogP contribution in [0.1, 0.15) is 27.9 Å². The Bertz CT molecular complexity index is 960. The van der Waals surface area contributed by atoms with E-state index in [2.05, 4.69) is 34.5 Å². The third kappa shape index (κ3) is 2.19. The number of carbonyl (C=O) groups is 1. The van der Waals surface area contributed by atoms with Crippen molar-refractivity contribution in [3.63, 3.8) is 0 Å². The molecular weight excluding hydrogens is 314 g/mol. The summed E-state index contributed by atoms with van der Waals surface area (Å²) in [6.07, 6.45) is 3.69. The summed E-state index contributed by atoms with van der Waals surface area (Å²) in [5, 5.41) is 7.98. The molecule has 2 heterocycles. The average molecular weight is 333 g/mol. The minimum absolute atomic E-state index is 0.0434. The van der Waals surface area contributed by atoms with Crippen LogP contribution in [-0.4, -0.2) is 40.7 Å². The maximum Gasteiger partial charge on any atom is 0.256 e. The van der Waals surface area contributed by atoms with Crippen molar-refractivity contribution in [2.24, 2.45) is 0 Å². The van der Waals surface area contributed by atoms with Gasteiger partial charge in [0.1, 0.15) is 5.60 Å². The molecule has 1 spiro atoms. The molecular formula is C20H19N3O2. The smallest absolute Gasteiger partial charge is 0.256 e. The molecule has 126 valence electrons. The van der Waals surface area contributed by atoms with Crippen LogP contribution in [0.15, 0.2) is 48.7 Å². The molecule has 0 radical (unpaired) electrons. The van der Waals surface area contributed by atoms with E-state index >= 15 is 0 Å². The van der Waals surface area contributed by atoms with Crippen LogP contribution < -0.4 is 0 Å². The molecule has 0 saturated carbocycles. The van der Waals surface area contributed by atoms with E-state index in [-0.39, 0.29) is 11.5 Å². The first-order valence-corrected chi connectivity index (χ1v) is 8.71. The van der Waals surface area contributed by atoms with Gasteiger partial charge in [0, 0.05) is 11.9 Å². The number of rotatable bonds is 1. The lowest BCUT2D eigenvalue weighted by Crippen LogP contribution is -2.51. The molecule has 5 heteroatoms. The van der Waals surface area contributed by atoms with Crippen LogP contribution in [0, 0.1) is 0 Å². The lowest BCUT2D eigenvalue weighted by Gasteiger charge is -2.41. The van der Waals surface area contributed by atoms with Crippen LogP contribution in [0.3, 0.4) is 0 Å². The monoisotopic (exact) mass is 333 g/mol. The van der Waals surface area contributed by atoms with Gasteiger partial charge < -0.3 is 9.64 Å². The second-order valence-corrected chi connectivity index (χ2v) is 6.87. The molecule has 1 amide bonds. The summed E-state index contributed by atoms with van der Waals surface area (Å²) in [6, 6.07) is 14.2. The molecule has 1 aliphatic carbocycles. The zero-order valence-corrected chi connectivity index (χ0v) is 13.9. The highest BCUT2D eigenvalue weighted by Crippen LogP contribution is 2.42. The van der Waals surface area contributed by atoms with Crippen molar-refractivity contribution in [3.8, 4) is 0 Å². The second kappa shape index (κ2) is 5.43. The molecule has 1 aliphatic heterocycles. The minimum atomic E-state index is -0.355. The first-order valence-electron chi connectivity index (χ1n) is 8.71. The standard InChI is InChI=1S/C20H19N3O2/c24-19(16-6-3-5-15-12-21-22-18(15)16)23-10-11-25-20(13-23)9-8-14-4-1-2-7-17(14)20/h1-7,12H,8-11,13H2,(H,21,22). The summed E-state index contributed by atoms with van der Waals surface area (Å²) < 4.78 is 6.23. The first-order chi connectivity index (χ1) is 12.3. The van der Waals surface area contributed by atoms with Crippen molar-refractivity contribution in [2.75, 3.05) is 19.7 Å². The number of amides is 1. The number of H-pyrrole nitrogens is 1. The van der Waals surface area contributed by atoms with E-state index in [0.29, 0.717) is 25.3 Å². The van der Waals surface area contributed by atoms with E-state index in [0.717, 1.165) is 23.7 Å². The van der Waals surface area contributed by atoms with E-state index < -0.39 is 0 Å². The first kappa shape index (κ1) is 14.7. The van der Waals surface area contributed by atoms with Gasteiger partial charge in [0.15, 0.2) is 0 Å². The van der Waals surface area contributed by atoms with Crippen molar-refractivity contribution in [3.05, 3.63) is 65.4 Å². The molecule has 1 aromatic heterocycles. The quantitative estimate of drug-likeness (QED) is 0.745. The van der Waals surface area contributed by atoms with Crippen molar-refractivity contribution >= 4 is 16.8 Å². The Labute approximate surface area is 145 Å². The van der Waals surface area contributed by atoms with Crippen LogP contribution in [-0.2, 0) is 16.8 Å². The predicted molar refractivity (Wildman–Crippen MR) is 94.4 cm³/mol. The largest absolute Gasteiger partial charge is 0.367 e. The van der Waals surface area contributed by atoms with Gasteiger partial charge in [-0.25, -0.2) is 0 Å². The Balaban J connectivity index is 1.49. The van der Waals surface area contributed by atoms with Crippen molar-refractivity contribution in [1.82, 2.24) is 15.1 Å². The van der Waals surface area contributed by atoms with Crippen LogP contribution in [0.25, 0.3) is 10.9 Å². The molecule has 1 saturated heterocycles. The molecule has 5 nitrogen and oxygen atoms in total. The highest BCUT2D eigenvalue weighted by molar-refractivity contribution is 6.05. The fourth-order valence-corrected chi connectivity index (χ4v) is 4.24. The molecule has 3 aromatic rings. The number of carbonyl (C=O) groups excluding carboxylic acids is 1. The van der Waals surface area contributed by atoms with Crippen LogP contribution in [0.4, 0.5) is 0 Å². The molecule has 1 atom stereocenters. The number of ether oxygens (including phenoxy) is 1. The number of fused-ring (bicyclic) bond motifs is 3. The Hall–Kier alpha value is -2.66. The summed E-state index contributed by atoms with van der Waals surface area (Å²) in [5.74, 6) is 0.0434. The van der Waals surface area contributed by atoms with E-state index in [9.17, 15) is 4.79 Å². The number of hydrogen-bond acceptors (Lipinski definition) is 3. The maximum absolute atomic E-state index is 13.2. The SMILES string of the molecule is O=C(c1cccc2cn[nH]c12)N1CCOC2(CCc3ccccc32)C1. The predicted octanol–water partition coefficient (Wildman–Crippen LogP) is 2.88. The van der Waals surface area contributed by atoms with Crippen LogP contribution in [0.2, 0.25) is 0 Å². The number of aromatic amines is 1. The summed E-state index contributed by atoms with van der Waals surface area (Å²) in [5.41, 5.74) is 3.71. The van der Waals surface area contributed by atoms with Gasteiger partial charge in [-0.1, -0.05) is 36.4 Å². The minimum Gasteiger partial charge on any atom is -0.367 e. The Morgan fingerprint density at radius 1 is 1.20 bits per heavy atom. The van der Waals surface area contributed by atoms with Crippen molar-refractivity contribution in [2.45, 2.75) is 18.4 Å². The van der Waals surface area contributed by atoms with Crippen LogP contribution >= 0.6 is 0 Å². The van der Waals surface area contributed by atoms with E-state index in [1.54, 1.807) is 6.20 Å². The van der Waals surface area contributed by atoms with Crippen molar-refractivity contribution < 1.29 is 9.53 Å². The number of morpholine rings is 1. The summed E-state index contributed by atoms with van der Waals surface area (Å²) in [4.78, 5) is 15.1. The second-order valence-electron chi connectivity index (χ2n) is 6.87. The highest BCUT2D eigenvalue weighted by atomic mass is 16.5. The van der Waals surface area contributed by atoms with Gasteiger partial charge in [-0.2, -0.15) is 5.10 Å². The number of aromatic nitrogens is 2. The van der Waals surface area contributed by atoms with E-state index in [1.165, 1.54) is 11.1 Å². The lowest BCUT2D eigenvalue weighted by molar-refractivity contribution is -0.103. The summed E-state index contributed by atoms with van der Waals surface area (Å²) in [6.45, 7) is 1.79. The molecule has 0 bridgehead atoms. The van der Waals surface area contributed by atoms with Gasteiger partial charge in [0.2, 0.25) is 0 Å². The van der Waals surface area contributed by atoms with Gasteiger partial charge in [0.25, 0.3) is 5.91 Å². The Kier molecular flexibility index (Phi) is 3.18. The Morgan fingerprint density at radius 3 is 3.08 bits per heavy atom. The molecule has 25 heavy (non-hydrogen) atoms. The number of nitrogens with zero attached hydrogens (tertiary/aromatic N) is 2. The number of benzene rings is 2. The normalized spacial score (nSPS) is 22.5. The molecule has 2 aliphatic rings. The molecule has 2 aromatic carbocycles. The third-order valence-corrected chi connectivity index (χ3v) is 5.49. The third-order valence-electron chi connectivity index (χ3n) is 5.49. The number of aryl methyl sites for hydroxylation is 1. The summed E-state index contributed by atoms with van der Waals surface area (Å²) >= 11 is 0. The fraction of sp³-hybridized carbons (Fsp3) is 0.300. The lowest BCUT2D eigenvalue weighted by atomic mass is 9.93. The van der Waals surface area contributed by atoms with E-state index in [4.69, 9.17) is 4.74 Å². The fourth-order valence-electron chi connectivity index (χ4n) is 4.24. The summed E-state index contributed by atoms with van der Waals surface area (Å²) in [7, 11) is 0. The van der Waals surface area contributed by atoms with Gasteiger partial charge >= 0.3 is 0 Å². The molecule has 1 fully saturated rings. The van der Waals surface area contributed by atoms with Gasteiger partial charge in [-0.15, -0.1) is 0 Å². The number of nitrogens with one attached hydrogen (secondary N) is 1. The van der Waals surface area contributed by atoms with Gasteiger partial charge in [-0.05, 0) is 30.0 Å². The number of hydrogen-bond donors (Lipinski definition) is 1.